The first kappa shape index (κ1) is 16.1. The highest BCUT2D eigenvalue weighted by molar-refractivity contribution is 6.35. The molecule has 112 valence electrons. The van der Waals surface area contributed by atoms with Gasteiger partial charge in [-0.15, -0.1) is 0 Å². The molecule has 0 amide bonds. The maximum atomic E-state index is 6.12. The molecule has 0 bridgehead atoms. The lowest BCUT2D eigenvalue weighted by Crippen LogP contribution is -2.38. The molecule has 2 rings (SSSR count). The predicted octanol–water partition coefficient (Wildman–Crippen LogP) is 4.44. The van der Waals surface area contributed by atoms with E-state index in [4.69, 9.17) is 37.4 Å². The quantitative estimate of drug-likeness (QED) is 0.803. The van der Waals surface area contributed by atoms with Crippen molar-refractivity contribution in [3.05, 3.63) is 33.8 Å². The van der Waals surface area contributed by atoms with Gasteiger partial charge in [-0.05, 0) is 32.4 Å². The summed E-state index contributed by atoms with van der Waals surface area (Å²) in [6.07, 6.45) is 0.826. The molecule has 0 aromatic heterocycles. The Kier molecular flexibility index (Phi) is 4.98. The first-order chi connectivity index (χ1) is 9.37. The summed E-state index contributed by atoms with van der Waals surface area (Å²) < 4.78 is 17.4. The summed E-state index contributed by atoms with van der Waals surface area (Å²) in [5, 5.41) is 1.24. The molecule has 1 fully saturated rings. The van der Waals surface area contributed by atoms with Crippen LogP contribution in [0.2, 0.25) is 10.0 Å². The molecule has 1 heterocycles. The van der Waals surface area contributed by atoms with E-state index < -0.39 is 11.4 Å². The highest BCUT2D eigenvalue weighted by Crippen LogP contribution is 2.34. The number of benzene rings is 1. The van der Waals surface area contributed by atoms with E-state index in [1.807, 2.05) is 19.9 Å². The highest BCUT2D eigenvalue weighted by Gasteiger charge is 2.44. The van der Waals surface area contributed by atoms with Crippen LogP contribution in [0, 0.1) is 0 Å². The van der Waals surface area contributed by atoms with Gasteiger partial charge in [0.05, 0.1) is 19.8 Å². The van der Waals surface area contributed by atoms with E-state index in [1.54, 1.807) is 12.1 Å². The third-order valence-corrected chi connectivity index (χ3v) is 4.17. The van der Waals surface area contributed by atoms with E-state index in [0.717, 1.165) is 12.0 Å². The van der Waals surface area contributed by atoms with Crippen molar-refractivity contribution in [1.82, 2.24) is 0 Å². The molecule has 1 aromatic carbocycles. The molecule has 1 aromatic rings. The molecule has 1 saturated heterocycles. The Bertz CT molecular complexity index is 456. The molecule has 0 N–H and O–H groups in total. The summed E-state index contributed by atoms with van der Waals surface area (Å²) >= 11 is 12.2. The van der Waals surface area contributed by atoms with Crippen molar-refractivity contribution >= 4 is 23.2 Å². The van der Waals surface area contributed by atoms with Crippen LogP contribution in [-0.2, 0) is 20.8 Å². The van der Waals surface area contributed by atoms with Crippen LogP contribution in [0.4, 0.5) is 0 Å². The number of ether oxygens (including phenoxy) is 3. The minimum Gasteiger partial charge on any atom is -0.374 e. The van der Waals surface area contributed by atoms with E-state index in [9.17, 15) is 0 Å². The zero-order chi connectivity index (χ0) is 14.8. The van der Waals surface area contributed by atoms with Crippen molar-refractivity contribution in [3.8, 4) is 0 Å². The fourth-order valence-corrected chi connectivity index (χ4v) is 2.75. The zero-order valence-electron chi connectivity index (χ0n) is 12.0. The number of rotatable bonds is 5. The molecule has 0 spiro atoms. The maximum absolute atomic E-state index is 6.12. The summed E-state index contributed by atoms with van der Waals surface area (Å²) in [6.45, 7) is 7.24. The van der Waals surface area contributed by atoms with Gasteiger partial charge >= 0.3 is 0 Å². The van der Waals surface area contributed by atoms with E-state index in [1.165, 1.54) is 0 Å². The van der Waals surface area contributed by atoms with Gasteiger partial charge in [0, 0.05) is 15.6 Å². The van der Waals surface area contributed by atoms with Gasteiger partial charge in [-0.3, -0.25) is 0 Å². The van der Waals surface area contributed by atoms with E-state index in [2.05, 4.69) is 6.92 Å². The average Bonchev–Trinajstić information content (AvgIpc) is 2.70. The SMILES string of the molecule is CCC1(COCc2c(Cl)cccc2Cl)COC(C)(C)O1. The first-order valence-corrected chi connectivity index (χ1v) is 7.48. The monoisotopic (exact) mass is 318 g/mol. The zero-order valence-corrected chi connectivity index (χ0v) is 13.6. The van der Waals surface area contributed by atoms with Crippen LogP contribution in [0.15, 0.2) is 18.2 Å². The summed E-state index contributed by atoms with van der Waals surface area (Å²) in [5.74, 6) is -0.554. The highest BCUT2D eigenvalue weighted by atomic mass is 35.5. The molecule has 3 nitrogen and oxygen atoms in total. The lowest BCUT2D eigenvalue weighted by molar-refractivity contribution is -0.175. The second-order valence-corrected chi connectivity index (χ2v) is 6.33. The Hall–Kier alpha value is -0.320. The van der Waals surface area contributed by atoms with Gasteiger partial charge in [0.1, 0.15) is 5.60 Å². The average molecular weight is 319 g/mol. The van der Waals surface area contributed by atoms with Crippen LogP contribution in [0.25, 0.3) is 0 Å². The van der Waals surface area contributed by atoms with Crippen molar-refractivity contribution in [2.45, 2.75) is 45.2 Å². The summed E-state index contributed by atoms with van der Waals surface area (Å²) in [5.41, 5.74) is 0.414. The minimum atomic E-state index is -0.554. The molecule has 20 heavy (non-hydrogen) atoms. The van der Waals surface area contributed by atoms with Gasteiger partial charge in [0.25, 0.3) is 0 Å². The van der Waals surface area contributed by atoms with Crippen LogP contribution < -0.4 is 0 Å². The second kappa shape index (κ2) is 6.20. The lowest BCUT2D eigenvalue weighted by atomic mass is 10.0. The lowest BCUT2D eigenvalue weighted by Gasteiger charge is -2.27. The molecule has 1 atom stereocenters. The van der Waals surface area contributed by atoms with Gasteiger partial charge in [-0.1, -0.05) is 36.2 Å². The summed E-state index contributed by atoms with van der Waals surface area (Å²) in [4.78, 5) is 0. The third-order valence-electron chi connectivity index (χ3n) is 3.46. The molecular formula is C15H20Cl2O3. The van der Waals surface area contributed by atoms with Crippen molar-refractivity contribution in [3.63, 3.8) is 0 Å². The third kappa shape index (κ3) is 3.66. The number of hydrogen-bond donors (Lipinski definition) is 0. The van der Waals surface area contributed by atoms with Crippen molar-refractivity contribution in [1.29, 1.82) is 0 Å². The molecule has 1 aliphatic rings. The smallest absolute Gasteiger partial charge is 0.163 e. The molecule has 0 saturated carbocycles. The molecule has 1 unspecified atom stereocenters. The van der Waals surface area contributed by atoms with Crippen LogP contribution in [0.3, 0.4) is 0 Å². The van der Waals surface area contributed by atoms with Crippen molar-refractivity contribution in [2.24, 2.45) is 0 Å². The van der Waals surface area contributed by atoms with Crippen LogP contribution in [-0.4, -0.2) is 24.6 Å². The molecule has 1 aliphatic heterocycles. The van der Waals surface area contributed by atoms with Crippen molar-refractivity contribution in [2.75, 3.05) is 13.2 Å². The van der Waals surface area contributed by atoms with Gasteiger partial charge in [0.15, 0.2) is 5.79 Å². The van der Waals surface area contributed by atoms with Crippen molar-refractivity contribution < 1.29 is 14.2 Å². The van der Waals surface area contributed by atoms with Crippen LogP contribution >= 0.6 is 23.2 Å². The summed E-state index contributed by atoms with van der Waals surface area (Å²) in [7, 11) is 0. The molecular weight excluding hydrogens is 299 g/mol. The van der Waals surface area contributed by atoms with Gasteiger partial charge in [0.2, 0.25) is 0 Å². The van der Waals surface area contributed by atoms with E-state index >= 15 is 0 Å². The Labute approximate surface area is 130 Å². The predicted molar refractivity (Wildman–Crippen MR) is 80.3 cm³/mol. The standard InChI is InChI=1S/C15H20Cl2O3/c1-4-15(10-19-14(2,3)20-15)9-18-8-11-12(16)6-5-7-13(11)17/h5-7H,4,8-10H2,1-3H3. The summed E-state index contributed by atoms with van der Waals surface area (Å²) in [6, 6.07) is 5.43. The van der Waals surface area contributed by atoms with Gasteiger partial charge in [-0.25, -0.2) is 0 Å². The van der Waals surface area contributed by atoms with Crippen LogP contribution in [0.1, 0.15) is 32.8 Å². The molecule has 5 heteroatoms. The van der Waals surface area contributed by atoms with Crippen LogP contribution in [0.5, 0.6) is 0 Å². The topological polar surface area (TPSA) is 27.7 Å². The Balaban J connectivity index is 1.95. The fourth-order valence-electron chi connectivity index (χ4n) is 2.24. The van der Waals surface area contributed by atoms with E-state index in [-0.39, 0.29) is 0 Å². The minimum absolute atomic E-state index is 0.365. The van der Waals surface area contributed by atoms with Gasteiger partial charge < -0.3 is 14.2 Å². The molecule has 0 aliphatic carbocycles. The first-order valence-electron chi connectivity index (χ1n) is 6.72. The number of halogens is 2. The molecule has 0 radical (unpaired) electrons. The Morgan fingerprint density at radius 1 is 1.25 bits per heavy atom. The van der Waals surface area contributed by atoms with Gasteiger partial charge in [-0.2, -0.15) is 0 Å². The normalized spacial score (nSPS) is 25.1. The Morgan fingerprint density at radius 2 is 1.90 bits per heavy atom. The second-order valence-electron chi connectivity index (χ2n) is 5.52. The fraction of sp³-hybridized carbons (Fsp3) is 0.600. The maximum Gasteiger partial charge on any atom is 0.163 e. The van der Waals surface area contributed by atoms with E-state index in [0.29, 0.717) is 29.9 Å². The Morgan fingerprint density at radius 3 is 2.40 bits per heavy atom. The number of hydrogen-bond acceptors (Lipinski definition) is 3. The largest absolute Gasteiger partial charge is 0.374 e.